The van der Waals surface area contributed by atoms with E-state index in [4.69, 9.17) is 4.43 Å². The molecule has 1 rings (SSSR count). The molecular formula is C18H30OSSi2. The molecular weight excluding hydrogens is 320 g/mol. The van der Waals surface area contributed by atoms with Crippen LogP contribution in [-0.4, -0.2) is 27.7 Å². The lowest BCUT2D eigenvalue weighted by atomic mass is 10.1. The SMILES string of the molecule is CC(C)(CCO[Si](C)(C)C#C[Si](C)(C)C)Sc1ccccc1. The van der Waals surface area contributed by atoms with Gasteiger partial charge in [0.15, 0.2) is 0 Å². The molecule has 0 atom stereocenters. The second-order valence-corrected chi connectivity index (χ2v) is 17.9. The normalized spacial score (nSPS) is 12.7. The standard InChI is InChI=1S/C18H30OSSi2/c1-18(2,20-17-11-9-8-10-12-17)13-14-19-22(6,7)16-15-21(3,4)5/h8-12H,13-14H2,1-7H3. The third-order valence-corrected chi connectivity index (χ3v) is 7.09. The second kappa shape index (κ2) is 7.87. The van der Waals surface area contributed by atoms with E-state index in [1.807, 2.05) is 11.8 Å². The summed E-state index contributed by atoms with van der Waals surface area (Å²) in [6.45, 7) is 16.6. The highest BCUT2D eigenvalue weighted by Gasteiger charge is 2.24. The summed E-state index contributed by atoms with van der Waals surface area (Å²) in [6.07, 6.45) is 1.04. The summed E-state index contributed by atoms with van der Waals surface area (Å²) in [7, 11) is -3.14. The summed E-state index contributed by atoms with van der Waals surface area (Å²) < 4.78 is 6.35. The molecule has 122 valence electrons. The first-order valence-electron chi connectivity index (χ1n) is 7.92. The van der Waals surface area contributed by atoms with E-state index in [1.165, 1.54) is 4.90 Å². The van der Waals surface area contributed by atoms with E-state index in [0.717, 1.165) is 13.0 Å². The van der Waals surface area contributed by atoms with Crippen LogP contribution >= 0.6 is 11.8 Å². The van der Waals surface area contributed by atoms with Crippen molar-refractivity contribution in [2.24, 2.45) is 0 Å². The van der Waals surface area contributed by atoms with Gasteiger partial charge in [-0.3, -0.25) is 0 Å². The first-order valence-corrected chi connectivity index (χ1v) is 15.1. The molecule has 0 bridgehead atoms. The molecule has 0 radical (unpaired) electrons. The molecule has 0 saturated heterocycles. The first kappa shape index (κ1) is 19.6. The minimum atomic E-state index is -1.84. The topological polar surface area (TPSA) is 9.23 Å². The minimum Gasteiger partial charge on any atom is -0.406 e. The van der Waals surface area contributed by atoms with Gasteiger partial charge in [0.25, 0.3) is 8.32 Å². The summed E-state index contributed by atoms with van der Waals surface area (Å²) >= 11 is 1.92. The predicted octanol–water partition coefficient (Wildman–Crippen LogP) is 5.59. The van der Waals surface area contributed by atoms with Gasteiger partial charge in [-0.05, 0) is 31.6 Å². The van der Waals surface area contributed by atoms with E-state index in [9.17, 15) is 0 Å². The maximum Gasteiger partial charge on any atom is 0.265 e. The smallest absolute Gasteiger partial charge is 0.265 e. The molecule has 0 fully saturated rings. The van der Waals surface area contributed by atoms with Gasteiger partial charge < -0.3 is 4.43 Å². The van der Waals surface area contributed by atoms with Crippen LogP contribution in [0.5, 0.6) is 0 Å². The average molecular weight is 351 g/mol. The number of thioether (sulfide) groups is 1. The zero-order chi connectivity index (χ0) is 16.9. The van der Waals surface area contributed by atoms with Crippen LogP contribution in [0.25, 0.3) is 0 Å². The molecule has 0 spiro atoms. The van der Waals surface area contributed by atoms with Crippen molar-refractivity contribution in [1.29, 1.82) is 0 Å². The van der Waals surface area contributed by atoms with Gasteiger partial charge in [0.1, 0.15) is 8.07 Å². The van der Waals surface area contributed by atoms with Crippen LogP contribution in [0, 0.1) is 11.1 Å². The van der Waals surface area contributed by atoms with Gasteiger partial charge >= 0.3 is 0 Å². The van der Waals surface area contributed by atoms with Crippen molar-refractivity contribution in [3.05, 3.63) is 30.3 Å². The Morgan fingerprint density at radius 3 is 2.14 bits per heavy atom. The van der Waals surface area contributed by atoms with Crippen molar-refractivity contribution in [2.75, 3.05) is 6.61 Å². The third-order valence-electron chi connectivity index (χ3n) is 3.04. The fourth-order valence-electron chi connectivity index (χ4n) is 1.78. The second-order valence-electron chi connectivity index (χ2n) is 7.78. The molecule has 4 heteroatoms. The molecule has 22 heavy (non-hydrogen) atoms. The highest BCUT2D eigenvalue weighted by Crippen LogP contribution is 2.34. The molecule has 0 N–H and O–H groups in total. The van der Waals surface area contributed by atoms with E-state index in [0.29, 0.717) is 0 Å². The van der Waals surface area contributed by atoms with Crippen molar-refractivity contribution in [3.8, 4) is 11.1 Å². The summed E-state index contributed by atoms with van der Waals surface area (Å²) in [4.78, 5) is 1.32. The van der Waals surface area contributed by atoms with Crippen molar-refractivity contribution in [2.45, 2.75) is 62.6 Å². The minimum absolute atomic E-state index is 0.179. The van der Waals surface area contributed by atoms with Crippen LogP contribution in [0.15, 0.2) is 35.2 Å². The fourth-order valence-corrected chi connectivity index (χ4v) is 6.29. The van der Waals surface area contributed by atoms with Crippen molar-refractivity contribution in [1.82, 2.24) is 0 Å². The van der Waals surface area contributed by atoms with Gasteiger partial charge in [0, 0.05) is 16.2 Å². The van der Waals surface area contributed by atoms with Gasteiger partial charge in [-0.2, -0.15) is 0 Å². The fraction of sp³-hybridized carbons (Fsp3) is 0.556. The molecule has 0 amide bonds. The molecule has 1 aromatic rings. The van der Waals surface area contributed by atoms with Gasteiger partial charge in [-0.15, -0.1) is 22.8 Å². The highest BCUT2D eigenvalue weighted by atomic mass is 32.2. The molecule has 1 aromatic carbocycles. The molecule has 0 aliphatic heterocycles. The summed E-state index contributed by atoms with van der Waals surface area (Å²) in [6, 6.07) is 10.6. The molecule has 0 aliphatic rings. The Balaban J connectivity index is 2.49. The largest absolute Gasteiger partial charge is 0.406 e. The van der Waals surface area contributed by atoms with Crippen LogP contribution in [-0.2, 0) is 4.43 Å². The highest BCUT2D eigenvalue weighted by molar-refractivity contribution is 8.00. The molecule has 0 saturated carbocycles. The van der Waals surface area contributed by atoms with E-state index < -0.39 is 16.4 Å². The number of benzene rings is 1. The Hall–Kier alpha value is -0.476. The third kappa shape index (κ3) is 8.84. The first-order chi connectivity index (χ1) is 9.99. The average Bonchev–Trinajstić information content (AvgIpc) is 2.36. The van der Waals surface area contributed by atoms with Crippen molar-refractivity contribution in [3.63, 3.8) is 0 Å². The molecule has 1 nitrogen and oxygen atoms in total. The molecule has 0 heterocycles. The van der Waals surface area contributed by atoms with E-state index in [1.54, 1.807) is 0 Å². The molecule has 0 unspecified atom stereocenters. The van der Waals surface area contributed by atoms with Gasteiger partial charge in [-0.1, -0.05) is 51.7 Å². The lowest BCUT2D eigenvalue weighted by Gasteiger charge is -2.26. The zero-order valence-electron chi connectivity index (χ0n) is 15.1. The molecule has 0 aromatic heterocycles. The quantitative estimate of drug-likeness (QED) is 0.376. The Labute approximate surface area is 143 Å². The maximum absolute atomic E-state index is 6.17. The monoisotopic (exact) mass is 350 g/mol. The predicted molar refractivity (Wildman–Crippen MR) is 106 cm³/mol. The Kier molecular flexibility index (Phi) is 7.00. The van der Waals surface area contributed by atoms with Crippen LogP contribution in [0.2, 0.25) is 32.7 Å². The van der Waals surface area contributed by atoms with Crippen LogP contribution in [0.1, 0.15) is 20.3 Å². The zero-order valence-corrected chi connectivity index (χ0v) is 17.9. The van der Waals surface area contributed by atoms with Crippen molar-refractivity contribution >= 4 is 28.2 Å². The van der Waals surface area contributed by atoms with Gasteiger partial charge in [0.2, 0.25) is 0 Å². The lowest BCUT2D eigenvalue weighted by Crippen LogP contribution is -2.32. The Bertz CT molecular complexity index is 522. The van der Waals surface area contributed by atoms with E-state index in [2.05, 4.69) is 88.0 Å². The Morgan fingerprint density at radius 1 is 1.00 bits per heavy atom. The summed E-state index contributed by atoms with van der Waals surface area (Å²) in [5.74, 6) is 0. The number of hydrogen-bond donors (Lipinski definition) is 0. The number of rotatable bonds is 6. The van der Waals surface area contributed by atoms with E-state index in [-0.39, 0.29) is 4.75 Å². The summed E-state index contributed by atoms with van der Waals surface area (Å²) in [5.41, 5.74) is 6.93. The summed E-state index contributed by atoms with van der Waals surface area (Å²) in [5, 5.41) is 0. The Morgan fingerprint density at radius 2 is 1.59 bits per heavy atom. The lowest BCUT2D eigenvalue weighted by molar-refractivity contribution is 0.295. The van der Waals surface area contributed by atoms with Crippen LogP contribution in [0.4, 0.5) is 0 Å². The number of hydrogen-bond acceptors (Lipinski definition) is 2. The van der Waals surface area contributed by atoms with Crippen molar-refractivity contribution < 1.29 is 4.43 Å². The van der Waals surface area contributed by atoms with Gasteiger partial charge in [-0.25, -0.2) is 0 Å². The maximum atomic E-state index is 6.17. The van der Waals surface area contributed by atoms with E-state index >= 15 is 0 Å². The van der Waals surface area contributed by atoms with Crippen LogP contribution < -0.4 is 0 Å². The van der Waals surface area contributed by atoms with Crippen LogP contribution in [0.3, 0.4) is 0 Å². The van der Waals surface area contributed by atoms with Gasteiger partial charge in [0.05, 0.1) is 0 Å². The molecule has 0 aliphatic carbocycles.